The first-order valence-corrected chi connectivity index (χ1v) is 9.35. The number of hydrogen-bond acceptors (Lipinski definition) is 6. The van der Waals surface area contributed by atoms with E-state index in [0.29, 0.717) is 5.95 Å². The van der Waals surface area contributed by atoms with Crippen LogP contribution in [0.5, 0.6) is 0 Å². The number of aromatic nitrogens is 4. The summed E-state index contributed by atoms with van der Waals surface area (Å²) < 4.78 is 4.06. The predicted octanol–water partition coefficient (Wildman–Crippen LogP) is 4.55. The zero-order valence-corrected chi connectivity index (χ0v) is 16.4. The third-order valence-electron chi connectivity index (χ3n) is 3.51. The Kier molecular flexibility index (Phi) is 4.07. The molecule has 0 saturated carbocycles. The van der Waals surface area contributed by atoms with Crippen LogP contribution in [-0.2, 0) is 7.05 Å². The van der Waals surface area contributed by atoms with Crippen molar-refractivity contribution in [1.82, 2.24) is 19.7 Å². The van der Waals surface area contributed by atoms with Gasteiger partial charge in [0.25, 0.3) is 5.95 Å². The predicted molar refractivity (Wildman–Crippen MR) is 105 cm³/mol. The molecule has 0 bridgehead atoms. The van der Waals surface area contributed by atoms with E-state index >= 15 is 0 Å². The fraction of sp³-hybridized carbons (Fsp3) is 0.0667. The highest BCUT2D eigenvalue weighted by atomic mass is 79.9. The van der Waals surface area contributed by atoms with E-state index in [4.69, 9.17) is 0 Å². The minimum Gasteiger partial charge on any atom is -0.327 e. The maximum atomic E-state index is 4.52. The van der Waals surface area contributed by atoms with E-state index in [1.54, 1.807) is 17.6 Å². The molecule has 0 radical (unpaired) electrons. The van der Waals surface area contributed by atoms with E-state index in [1.165, 1.54) is 0 Å². The number of anilines is 1. The van der Waals surface area contributed by atoms with Gasteiger partial charge in [-0.25, -0.2) is 5.43 Å². The van der Waals surface area contributed by atoms with E-state index < -0.39 is 0 Å². The van der Waals surface area contributed by atoms with Crippen LogP contribution in [0.4, 0.5) is 5.95 Å². The van der Waals surface area contributed by atoms with E-state index in [1.807, 2.05) is 41.9 Å². The topological polar surface area (TPSA) is 68.0 Å². The van der Waals surface area contributed by atoms with Gasteiger partial charge in [0.15, 0.2) is 5.65 Å². The van der Waals surface area contributed by atoms with Gasteiger partial charge in [-0.05, 0) is 46.3 Å². The van der Waals surface area contributed by atoms with Crippen molar-refractivity contribution < 1.29 is 0 Å². The molecule has 24 heavy (non-hydrogen) atoms. The maximum Gasteiger partial charge on any atom is 0.265 e. The van der Waals surface area contributed by atoms with Gasteiger partial charge < -0.3 is 4.57 Å². The molecule has 0 aliphatic heterocycles. The molecule has 1 aromatic carbocycles. The summed E-state index contributed by atoms with van der Waals surface area (Å²) in [6.45, 7) is 0. The number of aryl methyl sites for hydroxylation is 1. The Balaban J connectivity index is 1.69. The Hall–Kier alpha value is -1.84. The molecule has 120 valence electrons. The normalized spacial score (nSPS) is 11.8. The van der Waals surface area contributed by atoms with Gasteiger partial charge in [0.05, 0.1) is 15.5 Å². The van der Waals surface area contributed by atoms with Crippen molar-refractivity contribution >= 4 is 77.4 Å². The van der Waals surface area contributed by atoms with Gasteiger partial charge in [0.2, 0.25) is 0 Å². The van der Waals surface area contributed by atoms with E-state index in [9.17, 15) is 0 Å². The first kappa shape index (κ1) is 15.7. The maximum absolute atomic E-state index is 4.52. The number of benzene rings is 1. The zero-order valence-electron chi connectivity index (χ0n) is 12.4. The van der Waals surface area contributed by atoms with Gasteiger partial charge in [-0.15, -0.1) is 21.5 Å². The van der Waals surface area contributed by atoms with Crippen molar-refractivity contribution in [2.45, 2.75) is 0 Å². The molecule has 0 atom stereocenters. The van der Waals surface area contributed by atoms with Gasteiger partial charge in [-0.3, -0.25) is 0 Å². The van der Waals surface area contributed by atoms with Crippen molar-refractivity contribution in [3.8, 4) is 0 Å². The quantitative estimate of drug-likeness (QED) is 0.356. The second-order valence-electron chi connectivity index (χ2n) is 5.04. The van der Waals surface area contributed by atoms with Crippen molar-refractivity contribution in [3.05, 3.63) is 43.5 Å². The minimum absolute atomic E-state index is 0.361. The molecule has 0 fully saturated rings. The van der Waals surface area contributed by atoms with Crippen LogP contribution >= 0.6 is 43.2 Å². The number of hydrazone groups is 1. The molecule has 9 heteroatoms. The molecule has 0 amide bonds. The van der Waals surface area contributed by atoms with E-state index in [-0.39, 0.29) is 0 Å². The fourth-order valence-electron chi connectivity index (χ4n) is 2.43. The second-order valence-corrected chi connectivity index (χ2v) is 8.45. The Morgan fingerprint density at radius 3 is 2.88 bits per heavy atom. The lowest BCUT2D eigenvalue weighted by Gasteiger charge is -1.99. The SMILES string of the molecule is Cn1c2ccc(Br)cc2c2nnc(N/N=C/c3ccc(Br)s3)nc21. The van der Waals surface area contributed by atoms with Crippen molar-refractivity contribution in [1.29, 1.82) is 0 Å². The fourth-order valence-corrected chi connectivity index (χ4v) is 4.09. The number of hydrogen-bond donors (Lipinski definition) is 1. The molecule has 0 aliphatic rings. The minimum atomic E-state index is 0.361. The summed E-state index contributed by atoms with van der Waals surface area (Å²) >= 11 is 8.50. The Morgan fingerprint density at radius 1 is 1.21 bits per heavy atom. The standard InChI is InChI=1S/C15H10Br2N6S/c1-23-11-4-2-8(16)6-10(11)13-14(23)19-15(22-20-13)21-18-7-9-3-5-12(17)24-9/h2-7H,1H3,(H,19,21,22)/b18-7+. The summed E-state index contributed by atoms with van der Waals surface area (Å²) in [5.41, 5.74) is 5.41. The average Bonchev–Trinajstić information content (AvgIpc) is 3.10. The second kappa shape index (κ2) is 6.23. The number of rotatable bonds is 3. The molecule has 4 rings (SSSR count). The smallest absolute Gasteiger partial charge is 0.265 e. The number of halogens is 2. The Morgan fingerprint density at radius 2 is 2.08 bits per heavy atom. The third-order valence-corrected chi connectivity index (χ3v) is 5.56. The molecule has 0 unspecified atom stereocenters. The first-order chi connectivity index (χ1) is 11.6. The summed E-state index contributed by atoms with van der Waals surface area (Å²) in [4.78, 5) is 5.55. The monoisotopic (exact) mass is 464 g/mol. The van der Waals surface area contributed by atoms with Crippen molar-refractivity contribution in [2.75, 3.05) is 5.43 Å². The largest absolute Gasteiger partial charge is 0.327 e. The number of thiophene rings is 1. The molecule has 3 aromatic heterocycles. The molecule has 0 saturated heterocycles. The first-order valence-electron chi connectivity index (χ1n) is 6.94. The summed E-state index contributed by atoms with van der Waals surface area (Å²) in [6.07, 6.45) is 1.72. The highest BCUT2D eigenvalue weighted by molar-refractivity contribution is 9.11. The highest BCUT2D eigenvalue weighted by Crippen LogP contribution is 2.28. The number of nitrogens with one attached hydrogen (secondary N) is 1. The lowest BCUT2D eigenvalue weighted by atomic mass is 10.2. The van der Waals surface area contributed by atoms with Crippen LogP contribution in [0.3, 0.4) is 0 Å². The van der Waals surface area contributed by atoms with Gasteiger partial charge >= 0.3 is 0 Å². The van der Waals surface area contributed by atoms with Gasteiger partial charge in [0.1, 0.15) is 5.52 Å². The third kappa shape index (κ3) is 2.83. The summed E-state index contributed by atoms with van der Waals surface area (Å²) in [5, 5.41) is 13.6. The Bertz CT molecular complexity index is 1080. The van der Waals surface area contributed by atoms with Crippen LogP contribution in [0.25, 0.3) is 22.1 Å². The molecule has 3 heterocycles. The van der Waals surface area contributed by atoms with Gasteiger partial charge in [-0.2, -0.15) is 10.1 Å². The van der Waals surface area contributed by atoms with E-state index in [2.05, 4.69) is 57.6 Å². The van der Waals surface area contributed by atoms with Crippen LogP contribution in [0.1, 0.15) is 4.88 Å². The molecule has 4 aromatic rings. The van der Waals surface area contributed by atoms with Crippen molar-refractivity contribution in [3.63, 3.8) is 0 Å². The molecule has 0 aliphatic carbocycles. The zero-order chi connectivity index (χ0) is 16.7. The van der Waals surface area contributed by atoms with Crippen LogP contribution in [0.15, 0.2) is 43.7 Å². The van der Waals surface area contributed by atoms with E-state index in [0.717, 1.165) is 35.2 Å². The summed E-state index contributed by atoms with van der Waals surface area (Å²) in [7, 11) is 1.96. The lowest BCUT2D eigenvalue weighted by molar-refractivity contribution is 0.949. The van der Waals surface area contributed by atoms with Gasteiger partial charge in [-0.1, -0.05) is 15.9 Å². The molecule has 1 N–H and O–H groups in total. The molecular weight excluding hydrogens is 456 g/mol. The van der Waals surface area contributed by atoms with Gasteiger partial charge in [0, 0.05) is 21.8 Å². The van der Waals surface area contributed by atoms with Crippen LogP contribution in [0.2, 0.25) is 0 Å². The molecule has 6 nitrogen and oxygen atoms in total. The lowest BCUT2D eigenvalue weighted by Crippen LogP contribution is -2.00. The average molecular weight is 466 g/mol. The summed E-state index contributed by atoms with van der Waals surface area (Å²) in [5.74, 6) is 0.361. The molecule has 0 spiro atoms. The Labute approximate surface area is 157 Å². The van der Waals surface area contributed by atoms with Crippen LogP contribution < -0.4 is 5.43 Å². The number of fused-ring (bicyclic) bond motifs is 3. The number of nitrogens with zero attached hydrogens (tertiary/aromatic N) is 5. The van der Waals surface area contributed by atoms with Crippen LogP contribution in [0, 0.1) is 0 Å². The molecular formula is C15H10Br2N6S. The van der Waals surface area contributed by atoms with Crippen LogP contribution in [-0.4, -0.2) is 26.0 Å². The summed E-state index contributed by atoms with van der Waals surface area (Å²) in [6, 6.07) is 10.0. The highest BCUT2D eigenvalue weighted by Gasteiger charge is 2.12. The van der Waals surface area contributed by atoms with Crippen molar-refractivity contribution in [2.24, 2.45) is 12.1 Å².